The van der Waals surface area contributed by atoms with Crippen molar-refractivity contribution in [3.05, 3.63) is 99.8 Å². The van der Waals surface area contributed by atoms with E-state index < -0.39 is 12.1 Å². The highest BCUT2D eigenvalue weighted by Gasteiger charge is 2.42. The fourth-order valence-electron chi connectivity index (χ4n) is 4.62. The Morgan fingerprint density at radius 1 is 1.11 bits per heavy atom. The number of halogens is 2. The lowest BCUT2D eigenvalue weighted by atomic mass is 9.84. The Morgan fingerprint density at radius 3 is 2.66 bits per heavy atom. The first-order valence-electron chi connectivity index (χ1n) is 10.9. The molecule has 2 atom stereocenters. The monoisotopic (exact) mass is 506 g/mol. The average molecular weight is 507 g/mol. The molecule has 176 valence electrons. The summed E-state index contributed by atoms with van der Waals surface area (Å²) in [5, 5.41) is 9.30. The van der Waals surface area contributed by atoms with E-state index in [1.807, 2.05) is 48.7 Å². The topological polar surface area (TPSA) is 61.2 Å². The van der Waals surface area contributed by atoms with Gasteiger partial charge in [-0.1, -0.05) is 53.7 Å². The van der Waals surface area contributed by atoms with Crippen molar-refractivity contribution in [2.24, 2.45) is 0 Å². The molecule has 2 aliphatic rings. The zero-order valence-corrected chi connectivity index (χ0v) is 20.4. The molecule has 1 aromatic heterocycles. The fraction of sp³-hybridized carbons (Fsp3) is 0.154. The summed E-state index contributed by atoms with van der Waals surface area (Å²) < 4.78 is 29.0. The number of hydrogen-bond donors (Lipinski definition) is 1. The standard InChI is InChI=1S/C26H20ClFN4O2S/c1-33-16-10-7-14(8-11-16)24-21-22(18-13-15(27)9-12-20(18)34-24)29-25-30-26(35-2)31-32(25)23(21)17-5-3-4-6-19(17)28/h3-13,23-24H,1-2H3,(H,29,30,31)/t23-,24+/m0/s1. The third kappa shape index (κ3) is 3.64. The number of benzene rings is 3. The highest BCUT2D eigenvalue weighted by Crippen LogP contribution is 2.51. The Hall–Kier alpha value is -3.49. The summed E-state index contributed by atoms with van der Waals surface area (Å²) in [6, 6.07) is 19.3. The second-order valence-electron chi connectivity index (χ2n) is 8.16. The van der Waals surface area contributed by atoms with Gasteiger partial charge in [0, 0.05) is 21.7 Å². The summed E-state index contributed by atoms with van der Waals surface area (Å²) in [6.45, 7) is 0. The van der Waals surface area contributed by atoms with Crippen molar-refractivity contribution >= 4 is 35.0 Å². The number of thioether (sulfide) groups is 1. The molecule has 0 bridgehead atoms. The van der Waals surface area contributed by atoms with Gasteiger partial charge in [-0.3, -0.25) is 0 Å². The van der Waals surface area contributed by atoms with E-state index in [4.69, 9.17) is 26.2 Å². The smallest absolute Gasteiger partial charge is 0.227 e. The highest BCUT2D eigenvalue weighted by molar-refractivity contribution is 7.98. The number of ether oxygens (including phenoxy) is 2. The predicted octanol–water partition coefficient (Wildman–Crippen LogP) is 6.36. The van der Waals surface area contributed by atoms with Crippen LogP contribution in [0.5, 0.6) is 11.5 Å². The maximum Gasteiger partial charge on any atom is 0.227 e. The lowest BCUT2D eigenvalue weighted by molar-refractivity contribution is 0.222. The molecule has 0 saturated heterocycles. The van der Waals surface area contributed by atoms with E-state index in [1.165, 1.54) is 17.8 Å². The van der Waals surface area contributed by atoms with Gasteiger partial charge >= 0.3 is 0 Å². The van der Waals surface area contributed by atoms with Crippen LogP contribution in [0.1, 0.15) is 28.8 Å². The maximum absolute atomic E-state index is 15.3. The van der Waals surface area contributed by atoms with Crippen molar-refractivity contribution < 1.29 is 13.9 Å². The van der Waals surface area contributed by atoms with Crippen molar-refractivity contribution in [1.82, 2.24) is 14.8 Å². The number of hydrogen-bond acceptors (Lipinski definition) is 6. The van der Waals surface area contributed by atoms with Crippen molar-refractivity contribution in [2.45, 2.75) is 17.3 Å². The molecule has 35 heavy (non-hydrogen) atoms. The quantitative estimate of drug-likeness (QED) is 0.325. The number of aromatic nitrogens is 3. The number of rotatable bonds is 4. The minimum Gasteiger partial charge on any atom is -0.497 e. The second kappa shape index (κ2) is 8.62. The van der Waals surface area contributed by atoms with Crippen LogP contribution in [-0.2, 0) is 0 Å². The zero-order chi connectivity index (χ0) is 24.1. The van der Waals surface area contributed by atoms with Crippen LogP contribution in [-0.4, -0.2) is 28.1 Å². The zero-order valence-electron chi connectivity index (χ0n) is 18.8. The van der Waals surface area contributed by atoms with Crippen molar-refractivity contribution in [3.8, 4) is 11.5 Å². The molecule has 0 amide bonds. The number of anilines is 1. The number of methoxy groups -OCH3 is 1. The molecule has 1 N–H and O–H groups in total. The first-order valence-corrected chi connectivity index (χ1v) is 12.5. The lowest BCUT2D eigenvalue weighted by Crippen LogP contribution is -2.32. The number of nitrogens with one attached hydrogen (secondary N) is 1. The summed E-state index contributed by atoms with van der Waals surface area (Å²) in [5.74, 6) is 1.61. The van der Waals surface area contributed by atoms with Gasteiger partial charge in [-0.2, -0.15) is 4.98 Å². The van der Waals surface area contributed by atoms with Gasteiger partial charge < -0.3 is 14.8 Å². The molecule has 3 aromatic carbocycles. The van der Waals surface area contributed by atoms with Gasteiger partial charge in [0.1, 0.15) is 29.5 Å². The predicted molar refractivity (Wildman–Crippen MR) is 135 cm³/mol. The Bertz CT molecular complexity index is 1470. The Balaban J connectivity index is 1.64. The van der Waals surface area contributed by atoms with Crippen molar-refractivity contribution in [3.63, 3.8) is 0 Å². The molecule has 0 fully saturated rings. The molecule has 0 radical (unpaired) electrons. The summed E-state index contributed by atoms with van der Waals surface area (Å²) in [6.07, 6.45) is 1.39. The van der Waals surface area contributed by atoms with Gasteiger partial charge in [0.25, 0.3) is 0 Å². The second-order valence-corrected chi connectivity index (χ2v) is 9.37. The van der Waals surface area contributed by atoms with E-state index in [0.717, 1.165) is 28.1 Å². The van der Waals surface area contributed by atoms with Crippen LogP contribution in [0.15, 0.2) is 77.5 Å². The molecule has 0 aliphatic carbocycles. The Morgan fingerprint density at radius 2 is 1.91 bits per heavy atom. The summed E-state index contributed by atoms with van der Waals surface area (Å²) in [5.41, 5.74) is 3.78. The minimum absolute atomic E-state index is 0.330. The van der Waals surface area contributed by atoms with Gasteiger partial charge in [0.05, 0.1) is 12.8 Å². The van der Waals surface area contributed by atoms with E-state index in [9.17, 15) is 0 Å². The third-order valence-corrected chi connectivity index (χ3v) is 6.99. The fourth-order valence-corrected chi connectivity index (χ4v) is 5.14. The molecular formula is C26H20ClFN4O2S. The average Bonchev–Trinajstić information content (AvgIpc) is 3.31. The van der Waals surface area contributed by atoms with Crippen molar-refractivity contribution in [2.75, 3.05) is 18.7 Å². The third-order valence-electron chi connectivity index (χ3n) is 6.22. The molecule has 6 rings (SSSR count). The van der Waals surface area contributed by atoms with E-state index in [2.05, 4.69) is 10.3 Å². The normalized spacial score (nSPS) is 18.2. The highest BCUT2D eigenvalue weighted by atomic mass is 35.5. The van der Waals surface area contributed by atoms with Crippen molar-refractivity contribution in [1.29, 1.82) is 0 Å². The molecule has 0 spiro atoms. The molecule has 0 unspecified atom stereocenters. The minimum atomic E-state index is -0.588. The first kappa shape index (κ1) is 22.0. The van der Waals surface area contributed by atoms with Gasteiger partial charge in [-0.05, 0) is 48.2 Å². The summed E-state index contributed by atoms with van der Waals surface area (Å²) in [7, 11) is 1.63. The molecule has 4 aromatic rings. The van der Waals surface area contributed by atoms with Crippen LogP contribution in [0.3, 0.4) is 0 Å². The van der Waals surface area contributed by atoms with Crippen LogP contribution in [0.2, 0.25) is 5.02 Å². The van der Waals surface area contributed by atoms with Crippen LogP contribution >= 0.6 is 23.4 Å². The molecule has 0 saturated carbocycles. The van der Waals surface area contributed by atoms with E-state index in [0.29, 0.717) is 27.4 Å². The summed E-state index contributed by atoms with van der Waals surface area (Å²) in [4.78, 5) is 4.64. The van der Waals surface area contributed by atoms with Gasteiger partial charge in [-0.25, -0.2) is 9.07 Å². The summed E-state index contributed by atoms with van der Waals surface area (Å²) >= 11 is 7.81. The molecule has 6 nitrogen and oxygen atoms in total. The molecule has 2 aliphatic heterocycles. The lowest BCUT2D eigenvalue weighted by Gasteiger charge is -2.39. The van der Waals surface area contributed by atoms with Gasteiger partial charge in [0.15, 0.2) is 0 Å². The van der Waals surface area contributed by atoms with Crippen LogP contribution in [0.25, 0.3) is 5.70 Å². The maximum atomic E-state index is 15.3. The first-order chi connectivity index (χ1) is 17.1. The van der Waals surface area contributed by atoms with Crippen LogP contribution in [0.4, 0.5) is 10.3 Å². The van der Waals surface area contributed by atoms with E-state index >= 15 is 4.39 Å². The van der Waals surface area contributed by atoms with Crippen LogP contribution < -0.4 is 14.8 Å². The number of fused-ring (bicyclic) bond motifs is 3. The number of nitrogens with zero attached hydrogens (tertiary/aromatic N) is 3. The van der Waals surface area contributed by atoms with Gasteiger partial charge in [-0.15, -0.1) is 5.10 Å². The molecular weight excluding hydrogens is 487 g/mol. The largest absolute Gasteiger partial charge is 0.497 e. The Labute approximate surface area is 210 Å². The van der Waals surface area contributed by atoms with E-state index in [1.54, 1.807) is 30.0 Å². The van der Waals surface area contributed by atoms with Crippen LogP contribution in [0, 0.1) is 5.82 Å². The Kier molecular flexibility index (Phi) is 5.42. The SMILES string of the molecule is COc1ccc([C@H]2Oc3ccc(Cl)cc3C3=C2[C@H](c2ccccc2F)n2nc(SC)nc2N3)cc1. The molecule has 9 heteroatoms. The molecule has 3 heterocycles. The van der Waals surface area contributed by atoms with Gasteiger partial charge in [0.2, 0.25) is 11.1 Å². The van der Waals surface area contributed by atoms with E-state index in [-0.39, 0.29) is 5.82 Å².